The van der Waals surface area contributed by atoms with Crippen LogP contribution < -0.4 is 5.32 Å². The van der Waals surface area contributed by atoms with Gasteiger partial charge in [-0.2, -0.15) is 0 Å². The van der Waals surface area contributed by atoms with E-state index in [4.69, 9.17) is 0 Å². The maximum absolute atomic E-state index is 4.37. The van der Waals surface area contributed by atoms with Gasteiger partial charge in [-0.15, -0.1) is 0 Å². The second kappa shape index (κ2) is 6.37. The SMILES string of the molecule is CCNCc1cncn1C1CCCCC1C(C)C. The molecule has 102 valence electrons. The number of rotatable bonds is 5. The van der Waals surface area contributed by atoms with Gasteiger partial charge in [-0.3, -0.25) is 0 Å². The van der Waals surface area contributed by atoms with Crippen molar-refractivity contribution in [1.29, 1.82) is 0 Å². The minimum absolute atomic E-state index is 0.662. The van der Waals surface area contributed by atoms with Crippen LogP contribution in [0.1, 0.15) is 58.2 Å². The second-order valence-electron chi connectivity index (χ2n) is 5.83. The van der Waals surface area contributed by atoms with Crippen molar-refractivity contribution in [2.24, 2.45) is 11.8 Å². The fourth-order valence-electron chi connectivity index (χ4n) is 3.28. The minimum atomic E-state index is 0.662. The summed E-state index contributed by atoms with van der Waals surface area (Å²) < 4.78 is 2.44. The topological polar surface area (TPSA) is 29.9 Å². The van der Waals surface area contributed by atoms with Crippen LogP contribution in [0.3, 0.4) is 0 Å². The highest BCUT2D eigenvalue weighted by Gasteiger charge is 2.29. The number of nitrogens with zero attached hydrogens (tertiary/aromatic N) is 2. The van der Waals surface area contributed by atoms with Crippen LogP contribution in [0, 0.1) is 11.8 Å². The molecule has 0 radical (unpaired) electrons. The van der Waals surface area contributed by atoms with Crippen molar-refractivity contribution < 1.29 is 0 Å². The molecule has 1 saturated carbocycles. The van der Waals surface area contributed by atoms with Gasteiger partial charge in [-0.1, -0.05) is 33.6 Å². The molecular weight excluding hydrogens is 222 g/mol. The molecule has 2 rings (SSSR count). The molecule has 2 unspecified atom stereocenters. The van der Waals surface area contributed by atoms with Gasteiger partial charge in [-0.25, -0.2) is 4.98 Å². The Kier molecular flexibility index (Phi) is 4.81. The highest BCUT2D eigenvalue weighted by molar-refractivity contribution is 5.02. The third-order valence-corrected chi connectivity index (χ3v) is 4.30. The summed E-state index contributed by atoms with van der Waals surface area (Å²) in [5.41, 5.74) is 1.34. The highest BCUT2D eigenvalue weighted by atomic mass is 15.1. The third-order valence-electron chi connectivity index (χ3n) is 4.30. The lowest BCUT2D eigenvalue weighted by Crippen LogP contribution is -2.28. The van der Waals surface area contributed by atoms with Gasteiger partial charge in [0.1, 0.15) is 0 Å². The van der Waals surface area contributed by atoms with Crippen LogP contribution in [0.2, 0.25) is 0 Å². The summed E-state index contributed by atoms with van der Waals surface area (Å²) in [6.45, 7) is 8.84. The number of aromatic nitrogens is 2. The predicted octanol–water partition coefficient (Wildman–Crippen LogP) is 3.38. The Morgan fingerprint density at radius 1 is 1.39 bits per heavy atom. The standard InChI is InChI=1S/C15H27N3/c1-4-16-9-13-10-17-11-18(13)15-8-6-5-7-14(15)12(2)3/h10-12,14-16H,4-9H2,1-3H3. The van der Waals surface area contributed by atoms with E-state index in [2.05, 4.69) is 35.6 Å². The lowest BCUT2D eigenvalue weighted by atomic mass is 9.77. The number of hydrogen-bond donors (Lipinski definition) is 1. The molecule has 0 saturated heterocycles. The molecule has 0 amide bonds. The molecule has 0 bridgehead atoms. The predicted molar refractivity (Wildman–Crippen MR) is 75.4 cm³/mol. The molecule has 18 heavy (non-hydrogen) atoms. The number of imidazole rings is 1. The lowest BCUT2D eigenvalue weighted by molar-refractivity contribution is 0.181. The maximum Gasteiger partial charge on any atom is 0.0951 e. The molecule has 0 aliphatic heterocycles. The summed E-state index contributed by atoms with van der Waals surface area (Å²) in [6, 6.07) is 0.662. The fourth-order valence-corrected chi connectivity index (χ4v) is 3.28. The van der Waals surface area contributed by atoms with Gasteiger partial charge in [0.15, 0.2) is 0 Å². The monoisotopic (exact) mass is 249 g/mol. The van der Waals surface area contributed by atoms with Crippen LogP contribution in [0.4, 0.5) is 0 Å². The van der Waals surface area contributed by atoms with Crippen LogP contribution in [0.5, 0.6) is 0 Å². The van der Waals surface area contributed by atoms with Gasteiger partial charge in [0.05, 0.1) is 12.0 Å². The zero-order valence-electron chi connectivity index (χ0n) is 12.0. The first-order valence-corrected chi connectivity index (χ1v) is 7.45. The molecular formula is C15H27N3. The van der Waals surface area contributed by atoms with Gasteiger partial charge in [-0.05, 0) is 31.2 Å². The number of nitrogens with one attached hydrogen (secondary N) is 1. The Hall–Kier alpha value is -0.830. The van der Waals surface area contributed by atoms with Crippen molar-refractivity contribution in [1.82, 2.24) is 14.9 Å². The molecule has 3 heteroatoms. The molecule has 1 aromatic heterocycles. The Morgan fingerprint density at radius 2 is 2.17 bits per heavy atom. The van der Waals surface area contributed by atoms with E-state index < -0.39 is 0 Å². The molecule has 1 aliphatic rings. The molecule has 1 fully saturated rings. The molecule has 0 spiro atoms. The van der Waals surface area contributed by atoms with E-state index in [0.717, 1.165) is 24.9 Å². The molecule has 1 aromatic rings. The Balaban J connectivity index is 2.15. The van der Waals surface area contributed by atoms with Gasteiger partial charge in [0, 0.05) is 18.8 Å². The molecule has 1 aliphatic carbocycles. The van der Waals surface area contributed by atoms with E-state index in [0.29, 0.717) is 6.04 Å². The van der Waals surface area contributed by atoms with Crippen LogP contribution in [-0.4, -0.2) is 16.1 Å². The maximum atomic E-state index is 4.37. The van der Waals surface area contributed by atoms with Crippen molar-refractivity contribution in [3.05, 3.63) is 18.2 Å². The Labute approximate surface area is 111 Å². The zero-order chi connectivity index (χ0) is 13.0. The average Bonchev–Trinajstić information content (AvgIpc) is 2.84. The smallest absolute Gasteiger partial charge is 0.0951 e. The van der Waals surface area contributed by atoms with Gasteiger partial charge in [0.2, 0.25) is 0 Å². The highest BCUT2D eigenvalue weighted by Crippen LogP contribution is 2.38. The third kappa shape index (κ3) is 2.94. The summed E-state index contributed by atoms with van der Waals surface area (Å²) >= 11 is 0. The normalized spacial score (nSPS) is 24.7. The summed E-state index contributed by atoms with van der Waals surface area (Å²) in [4.78, 5) is 4.37. The quantitative estimate of drug-likeness (QED) is 0.867. The summed E-state index contributed by atoms with van der Waals surface area (Å²) in [5.74, 6) is 1.58. The van der Waals surface area contributed by atoms with Crippen LogP contribution in [0.15, 0.2) is 12.5 Å². The van der Waals surface area contributed by atoms with Crippen molar-refractivity contribution in [2.45, 2.75) is 59.0 Å². The van der Waals surface area contributed by atoms with Crippen LogP contribution >= 0.6 is 0 Å². The van der Waals surface area contributed by atoms with E-state index >= 15 is 0 Å². The fraction of sp³-hybridized carbons (Fsp3) is 0.800. The minimum Gasteiger partial charge on any atom is -0.330 e. The summed E-state index contributed by atoms with van der Waals surface area (Å²) in [7, 11) is 0. The van der Waals surface area contributed by atoms with Crippen LogP contribution in [-0.2, 0) is 6.54 Å². The average molecular weight is 249 g/mol. The molecule has 2 atom stereocenters. The Bertz CT molecular complexity index is 356. The number of hydrogen-bond acceptors (Lipinski definition) is 2. The molecule has 1 heterocycles. The van der Waals surface area contributed by atoms with Crippen molar-refractivity contribution in [2.75, 3.05) is 6.54 Å². The summed E-state index contributed by atoms with van der Waals surface area (Å²) in [5, 5.41) is 3.41. The van der Waals surface area contributed by atoms with E-state index in [-0.39, 0.29) is 0 Å². The second-order valence-corrected chi connectivity index (χ2v) is 5.83. The molecule has 1 N–H and O–H groups in total. The lowest BCUT2D eigenvalue weighted by Gasteiger charge is -2.36. The van der Waals surface area contributed by atoms with E-state index in [1.54, 1.807) is 0 Å². The van der Waals surface area contributed by atoms with Crippen molar-refractivity contribution >= 4 is 0 Å². The van der Waals surface area contributed by atoms with E-state index in [1.165, 1.54) is 31.4 Å². The van der Waals surface area contributed by atoms with Crippen molar-refractivity contribution in [3.63, 3.8) is 0 Å². The first-order valence-electron chi connectivity index (χ1n) is 7.45. The molecule has 3 nitrogen and oxygen atoms in total. The zero-order valence-corrected chi connectivity index (χ0v) is 12.0. The van der Waals surface area contributed by atoms with E-state index in [9.17, 15) is 0 Å². The molecule has 0 aromatic carbocycles. The van der Waals surface area contributed by atoms with Gasteiger partial charge >= 0.3 is 0 Å². The van der Waals surface area contributed by atoms with Crippen LogP contribution in [0.25, 0.3) is 0 Å². The Morgan fingerprint density at radius 3 is 2.89 bits per heavy atom. The largest absolute Gasteiger partial charge is 0.330 e. The van der Waals surface area contributed by atoms with E-state index in [1.807, 2.05) is 12.5 Å². The summed E-state index contributed by atoms with van der Waals surface area (Å²) in [6.07, 6.45) is 9.52. The first kappa shape index (κ1) is 13.6. The van der Waals surface area contributed by atoms with Crippen molar-refractivity contribution in [3.8, 4) is 0 Å². The first-order chi connectivity index (χ1) is 8.74. The van der Waals surface area contributed by atoms with Gasteiger partial charge in [0.25, 0.3) is 0 Å². The van der Waals surface area contributed by atoms with Gasteiger partial charge < -0.3 is 9.88 Å².